The predicted molar refractivity (Wildman–Crippen MR) is 61.0 cm³/mol. The highest BCUT2D eigenvalue weighted by Gasteiger charge is 2.29. The summed E-state index contributed by atoms with van der Waals surface area (Å²) < 4.78 is 22.8. The van der Waals surface area contributed by atoms with Crippen molar-refractivity contribution in [3.63, 3.8) is 0 Å². The summed E-state index contributed by atoms with van der Waals surface area (Å²) in [5.41, 5.74) is 5.80. The Hall–Kier alpha value is -0.0900. The molecule has 0 amide bonds. The van der Waals surface area contributed by atoms with Crippen LogP contribution in [0.15, 0.2) is 0 Å². The van der Waals surface area contributed by atoms with Crippen molar-refractivity contribution in [3.8, 4) is 0 Å². The molecule has 0 aromatic carbocycles. The van der Waals surface area contributed by atoms with E-state index < -0.39 is 14.6 Å². The van der Waals surface area contributed by atoms with Gasteiger partial charge in [-0.15, -0.1) is 0 Å². The van der Waals surface area contributed by atoms with Gasteiger partial charge in [-0.05, 0) is 33.1 Å². The summed E-state index contributed by atoms with van der Waals surface area (Å²) in [6.45, 7) is 9.19. The Bertz CT molecular complexity index is 262. The molecule has 1 atom stereocenters. The van der Waals surface area contributed by atoms with E-state index in [2.05, 4.69) is 0 Å². The molecular formula is C10H23NO2S. The van der Waals surface area contributed by atoms with Gasteiger partial charge in [0, 0.05) is 6.04 Å². The first kappa shape index (κ1) is 13.9. The van der Waals surface area contributed by atoms with Gasteiger partial charge in [0.2, 0.25) is 0 Å². The maximum absolute atomic E-state index is 11.7. The molecule has 0 rings (SSSR count). The maximum atomic E-state index is 11.7. The Morgan fingerprint density at radius 2 is 1.64 bits per heavy atom. The lowest BCUT2D eigenvalue weighted by Crippen LogP contribution is -2.35. The van der Waals surface area contributed by atoms with Gasteiger partial charge in [0.25, 0.3) is 0 Å². The molecule has 0 aliphatic rings. The van der Waals surface area contributed by atoms with Crippen LogP contribution in [0.5, 0.6) is 0 Å². The molecule has 0 aromatic rings. The molecule has 0 heterocycles. The van der Waals surface area contributed by atoms with Crippen molar-refractivity contribution in [2.75, 3.05) is 5.75 Å². The molecule has 0 spiro atoms. The minimum absolute atomic E-state index is 0.0212. The number of hydrogen-bond donors (Lipinski definition) is 1. The third-order valence-electron chi connectivity index (χ3n) is 2.51. The van der Waals surface area contributed by atoms with Crippen LogP contribution in [0.3, 0.4) is 0 Å². The van der Waals surface area contributed by atoms with E-state index in [-0.39, 0.29) is 11.8 Å². The van der Waals surface area contributed by atoms with Crippen molar-refractivity contribution in [2.24, 2.45) is 11.7 Å². The van der Waals surface area contributed by atoms with Gasteiger partial charge >= 0.3 is 0 Å². The standard InChI is InChI=1S/C10H23NO2S/c1-8(2)9(11)6-7-14(12,13)10(3,4)5/h8-9H,6-7,11H2,1-5H3. The van der Waals surface area contributed by atoms with Crippen LogP contribution in [-0.4, -0.2) is 25.0 Å². The van der Waals surface area contributed by atoms with Crippen molar-refractivity contribution >= 4 is 9.84 Å². The van der Waals surface area contributed by atoms with Crippen molar-refractivity contribution in [1.82, 2.24) is 0 Å². The van der Waals surface area contributed by atoms with E-state index in [0.717, 1.165) is 0 Å². The van der Waals surface area contributed by atoms with E-state index in [0.29, 0.717) is 12.3 Å². The third-order valence-corrected chi connectivity index (χ3v) is 5.15. The molecule has 3 nitrogen and oxygen atoms in total. The van der Waals surface area contributed by atoms with E-state index in [9.17, 15) is 8.42 Å². The minimum atomic E-state index is -3.01. The molecule has 4 heteroatoms. The minimum Gasteiger partial charge on any atom is -0.327 e. The van der Waals surface area contributed by atoms with Gasteiger partial charge in [-0.2, -0.15) is 0 Å². The molecule has 0 fully saturated rings. The first-order valence-corrected chi connectivity index (χ1v) is 6.71. The lowest BCUT2D eigenvalue weighted by atomic mass is 10.0. The van der Waals surface area contributed by atoms with Crippen molar-refractivity contribution in [3.05, 3.63) is 0 Å². The predicted octanol–water partition coefficient (Wildman–Crippen LogP) is 1.57. The lowest BCUT2D eigenvalue weighted by molar-refractivity contribution is 0.475. The van der Waals surface area contributed by atoms with Crippen LogP contribution in [0.2, 0.25) is 0 Å². The Balaban J connectivity index is 4.29. The molecule has 0 bridgehead atoms. The van der Waals surface area contributed by atoms with E-state index in [1.165, 1.54) is 0 Å². The van der Waals surface area contributed by atoms with Gasteiger partial charge in [-0.25, -0.2) is 8.42 Å². The summed E-state index contributed by atoms with van der Waals surface area (Å²) in [6.07, 6.45) is 0.553. The van der Waals surface area contributed by atoms with Crippen molar-refractivity contribution in [2.45, 2.75) is 51.8 Å². The number of nitrogens with two attached hydrogens (primary N) is 1. The van der Waals surface area contributed by atoms with Crippen LogP contribution < -0.4 is 5.73 Å². The number of sulfone groups is 1. The molecule has 0 saturated carbocycles. The molecule has 2 N–H and O–H groups in total. The summed E-state index contributed by atoms with van der Waals surface area (Å²) in [5.74, 6) is 0.528. The van der Waals surface area contributed by atoms with Crippen LogP contribution in [0.1, 0.15) is 41.0 Å². The fraction of sp³-hybridized carbons (Fsp3) is 1.00. The van der Waals surface area contributed by atoms with Gasteiger partial charge in [0.05, 0.1) is 10.5 Å². The zero-order valence-corrected chi connectivity index (χ0v) is 10.7. The van der Waals surface area contributed by atoms with E-state index >= 15 is 0 Å². The van der Waals surface area contributed by atoms with Crippen LogP contribution in [0.4, 0.5) is 0 Å². The Labute approximate surface area is 88.0 Å². The second-order valence-corrected chi connectivity index (χ2v) is 7.99. The normalized spacial score (nSPS) is 15.9. The highest BCUT2D eigenvalue weighted by Crippen LogP contribution is 2.18. The smallest absolute Gasteiger partial charge is 0.155 e. The summed E-state index contributed by atoms with van der Waals surface area (Å²) in [6, 6.07) is -0.0212. The zero-order valence-electron chi connectivity index (χ0n) is 9.87. The van der Waals surface area contributed by atoms with Gasteiger partial charge < -0.3 is 5.73 Å². The van der Waals surface area contributed by atoms with Crippen LogP contribution >= 0.6 is 0 Å². The molecule has 1 unspecified atom stereocenters. The summed E-state index contributed by atoms with van der Waals surface area (Å²) in [5, 5.41) is 0. The summed E-state index contributed by atoms with van der Waals surface area (Å²) >= 11 is 0. The topological polar surface area (TPSA) is 60.2 Å². The van der Waals surface area contributed by atoms with Gasteiger partial charge in [-0.1, -0.05) is 13.8 Å². The zero-order chi connectivity index (χ0) is 11.6. The Kier molecular flexibility index (Phi) is 4.59. The molecule has 0 radical (unpaired) electrons. The molecule has 0 saturated heterocycles. The summed E-state index contributed by atoms with van der Waals surface area (Å²) in [7, 11) is -3.01. The SMILES string of the molecule is CC(C)C(N)CCS(=O)(=O)C(C)(C)C. The molecule has 0 aliphatic carbocycles. The molecular weight excluding hydrogens is 198 g/mol. The average molecular weight is 221 g/mol. The van der Waals surface area contributed by atoms with Crippen molar-refractivity contribution < 1.29 is 8.42 Å². The summed E-state index contributed by atoms with van der Waals surface area (Å²) in [4.78, 5) is 0. The van der Waals surface area contributed by atoms with Crippen LogP contribution in [-0.2, 0) is 9.84 Å². The lowest BCUT2D eigenvalue weighted by Gasteiger charge is -2.21. The largest absolute Gasteiger partial charge is 0.327 e. The Morgan fingerprint density at radius 3 is 1.93 bits per heavy atom. The second-order valence-electron chi connectivity index (χ2n) is 5.13. The average Bonchev–Trinajstić information content (AvgIpc) is 1.97. The maximum Gasteiger partial charge on any atom is 0.155 e. The van der Waals surface area contributed by atoms with E-state index in [1.807, 2.05) is 13.8 Å². The van der Waals surface area contributed by atoms with Gasteiger partial charge in [0.15, 0.2) is 9.84 Å². The first-order chi connectivity index (χ1) is 6.08. The Morgan fingerprint density at radius 1 is 1.21 bits per heavy atom. The van der Waals surface area contributed by atoms with Crippen LogP contribution in [0.25, 0.3) is 0 Å². The molecule has 0 aliphatic heterocycles. The van der Waals surface area contributed by atoms with E-state index in [4.69, 9.17) is 5.73 Å². The third kappa shape index (κ3) is 3.96. The second kappa shape index (κ2) is 4.62. The van der Waals surface area contributed by atoms with Crippen LogP contribution in [0, 0.1) is 5.92 Å². The number of rotatable bonds is 4. The highest BCUT2D eigenvalue weighted by molar-refractivity contribution is 7.92. The highest BCUT2D eigenvalue weighted by atomic mass is 32.2. The quantitative estimate of drug-likeness (QED) is 0.784. The monoisotopic (exact) mass is 221 g/mol. The van der Waals surface area contributed by atoms with Gasteiger partial charge in [-0.3, -0.25) is 0 Å². The first-order valence-electron chi connectivity index (χ1n) is 5.06. The molecule has 14 heavy (non-hydrogen) atoms. The van der Waals surface area contributed by atoms with E-state index in [1.54, 1.807) is 20.8 Å². The molecule has 0 aromatic heterocycles. The fourth-order valence-electron chi connectivity index (χ4n) is 0.931. The number of hydrogen-bond acceptors (Lipinski definition) is 3. The van der Waals surface area contributed by atoms with Crippen molar-refractivity contribution in [1.29, 1.82) is 0 Å². The fourth-order valence-corrected chi connectivity index (χ4v) is 2.13. The molecule has 86 valence electrons. The van der Waals surface area contributed by atoms with Gasteiger partial charge in [0.1, 0.15) is 0 Å².